The molecule has 2 aliphatic rings. The molecule has 0 aromatic carbocycles. The molecule has 2 nitrogen and oxygen atoms in total. The summed E-state index contributed by atoms with van der Waals surface area (Å²) in [5.74, 6) is 0.521. The van der Waals surface area contributed by atoms with E-state index in [2.05, 4.69) is 21.7 Å². The minimum absolute atomic E-state index is 0.0539. The summed E-state index contributed by atoms with van der Waals surface area (Å²) in [7, 11) is 0. The zero-order valence-electron chi connectivity index (χ0n) is 11.6. The number of piperidine rings is 1. The molecule has 0 bridgehead atoms. The SMILES string of the molecule is OC1CCCCC1C1CCCCN1Cc1ccsc1. The molecule has 0 spiro atoms. The number of nitrogens with zero attached hydrogens (tertiary/aromatic N) is 1. The Bertz CT molecular complexity index is 378. The van der Waals surface area contributed by atoms with E-state index in [4.69, 9.17) is 0 Å². The van der Waals surface area contributed by atoms with Crippen LogP contribution in [0.2, 0.25) is 0 Å². The molecule has 3 heteroatoms. The fraction of sp³-hybridized carbons (Fsp3) is 0.750. The lowest BCUT2D eigenvalue weighted by Crippen LogP contribution is -2.48. The van der Waals surface area contributed by atoms with Crippen LogP contribution in [-0.4, -0.2) is 28.7 Å². The first-order valence-corrected chi connectivity index (χ1v) is 8.72. The number of rotatable bonds is 3. The van der Waals surface area contributed by atoms with Gasteiger partial charge in [-0.05, 0) is 54.6 Å². The molecule has 19 heavy (non-hydrogen) atoms. The molecule has 1 aromatic heterocycles. The van der Waals surface area contributed by atoms with E-state index in [9.17, 15) is 5.11 Å². The van der Waals surface area contributed by atoms with Crippen molar-refractivity contribution in [2.24, 2.45) is 5.92 Å². The first-order chi connectivity index (χ1) is 9.34. The van der Waals surface area contributed by atoms with Crippen LogP contribution in [0.3, 0.4) is 0 Å². The number of thiophene rings is 1. The van der Waals surface area contributed by atoms with Gasteiger partial charge in [0.25, 0.3) is 0 Å². The van der Waals surface area contributed by atoms with Gasteiger partial charge in [-0.1, -0.05) is 19.3 Å². The topological polar surface area (TPSA) is 23.5 Å². The minimum atomic E-state index is -0.0539. The van der Waals surface area contributed by atoms with Gasteiger partial charge in [0.15, 0.2) is 0 Å². The van der Waals surface area contributed by atoms with Gasteiger partial charge in [0.1, 0.15) is 0 Å². The van der Waals surface area contributed by atoms with Crippen LogP contribution in [0, 0.1) is 5.92 Å². The molecule has 3 unspecified atom stereocenters. The van der Waals surface area contributed by atoms with E-state index in [-0.39, 0.29) is 6.10 Å². The largest absolute Gasteiger partial charge is 0.393 e. The van der Waals surface area contributed by atoms with Gasteiger partial charge < -0.3 is 5.11 Å². The van der Waals surface area contributed by atoms with Crippen molar-refractivity contribution in [2.75, 3.05) is 6.54 Å². The predicted molar refractivity (Wildman–Crippen MR) is 80.3 cm³/mol. The lowest BCUT2D eigenvalue weighted by molar-refractivity contribution is -0.00857. The van der Waals surface area contributed by atoms with Crippen LogP contribution >= 0.6 is 11.3 Å². The zero-order chi connectivity index (χ0) is 13.1. The molecule has 1 N–H and O–H groups in total. The highest BCUT2D eigenvalue weighted by molar-refractivity contribution is 7.07. The highest BCUT2D eigenvalue weighted by atomic mass is 32.1. The van der Waals surface area contributed by atoms with Gasteiger partial charge in [0, 0.05) is 18.5 Å². The number of aliphatic hydroxyl groups is 1. The van der Waals surface area contributed by atoms with E-state index in [1.807, 2.05) is 0 Å². The maximum absolute atomic E-state index is 10.3. The number of hydrogen-bond donors (Lipinski definition) is 1. The fourth-order valence-electron chi connectivity index (χ4n) is 3.90. The van der Waals surface area contributed by atoms with Crippen LogP contribution in [0.15, 0.2) is 16.8 Å². The van der Waals surface area contributed by atoms with Crippen molar-refractivity contribution < 1.29 is 5.11 Å². The molecule has 3 atom stereocenters. The van der Waals surface area contributed by atoms with E-state index < -0.39 is 0 Å². The summed E-state index contributed by atoms with van der Waals surface area (Å²) in [5.41, 5.74) is 1.45. The molecule has 1 aliphatic carbocycles. The molecular weight excluding hydrogens is 254 g/mol. The standard InChI is InChI=1S/C16H25NOS/c18-16-7-2-1-5-14(16)15-6-3-4-9-17(15)11-13-8-10-19-12-13/h8,10,12,14-16,18H,1-7,9,11H2. The van der Waals surface area contributed by atoms with Crippen molar-refractivity contribution in [2.45, 2.75) is 63.6 Å². The molecular formula is C16H25NOS. The van der Waals surface area contributed by atoms with E-state index in [0.717, 1.165) is 13.0 Å². The first-order valence-electron chi connectivity index (χ1n) is 7.78. The lowest BCUT2D eigenvalue weighted by atomic mass is 9.78. The van der Waals surface area contributed by atoms with Crippen LogP contribution in [0.1, 0.15) is 50.5 Å². The molecule has 0 radical (unpaired) electrons. The summed E-state index contributed by atoms with van der Waals surface area (Å²) in [5, 5.41) is 14.8. The van der Waals surface area contributed by atoms with E-state index in [1.54, 1.807) is 11.3 Å². The average molecular weight is 279 g/mol. The van der Waals surface area contributed by atoms with Gasteiger partial charge in [-0.3, -0.25) is 4.90 Å². The molecule has 0 amide bonds. The summed E-state index contributed by atoms with van der Waals surface area (Å²) >= 11 is 1.79. The molecule has 2 fully saturated rings. The fourth-order valence-corrected chi connectivity index (χ4v) is 4.56. The number of likely N-dealkylation sites (tertiary alicyclic amines) is 1. The number of aliphatic hydroxyl groups excluding tert-OH is 1. The van der Waals surface area contributed by atoms with Gasteiger partial charge in [-0.25, -0.2) is 0 Å². The summed E-state index contributed by atoms with van der Waals surface area (Å²) < 4.78 is 0. The van der Waals surface area contributed by atoms with Gasteiger partial charge in [-0.2, -0.15) is 11.3 Å². The van der Waals surface area contributed by atoms with Crippen molar-refractivity contribution in [1.29, 1.82) is 0 Å². The highest BCUT2D eigenvalue weighted by Crippen LogP contribution is 2.34. The van der Waals surface area contributed by atoms with E-state index >= 15 is 0 Å². The third-order valence-corrected chi connectivity index (χ3v) is 5.64. The molecule has 1 saturated heterocycles. The summed E-state index contributed by atoms with van der Waals surface area (Å²) in [6.45, 7) is 2.29. The van der Waals surface area contributed by atoms with Gasteiger partial charge >= 0.3 is 0 Å². The average Bonchev–Trinajstić information content (AvgIpc) is 2.93. The molecule has 1 aliphatic heterocycles. The molecule has 1 saturated carbocycles. The Hall–Kier alpha value is -0.380. The smallest absolute Gasteiger partial charge is 0.0583 e. The van der Waals surface area contributed by atoms with Gasteiger partial charge in [0.05, 0.1) is 6.10 Å². The van der Waals surface area contributed by atoms with E-state index in [1.165, 1.54) is 50.6 Å². The van der Waals surface area contributed by atoms with Crippen LogP contribution < -0.4 is 0 Å². The molecule has 1 aromatic rings. The second-order valence-corrected chi connectivity index (χ2v) is 6.96. The Kier molecular flexibility index (Phi) is 4.57. The van der Waals surface area contributed by atoms with Crippen LogP contribution in [0.25, 0.3) is 0 Å². The summed E-state index contributed by atoms with van der Waals surface area (Å²) in [6, 6.07) is 2.86. The van der Waals surface area contributed by atoms with Crippen LogP contribution in [-0.2, 0) is 6.54 Å². The summed E-state index contributed by atoms with van der Waals surface area (Å²) in [6.07, 6.45) is 8.67. The van der Waals surface area contributed by atoms with Crippen molar-refractivity contribution in [3.63, 3.8) is 0 Å². The van der Waals surface area contributed by atoms with Crippen LogP contribution in [0.5, 0.6) is 0 Å². The maximum Gasteiger partial charge on any atom is 0.0583 e. The Morgan fingerprint density at radius 2 is 2.00 bits per heavy atom. The molecule has 3 rings (SSSR count). The molecule has 2 heterocycles. The second-order valence-electron chi connectivity index (χ2n) is 6.18. The monoisotopic (exact) mass is 279 g/mol. The Morgan fingerprint density at radius 3 is 2.79 bits per heavy atom. The lowest BCUT2D eigenvalue weighted by Gasteiger charge is -2.43. The zero-order valence-corrected chi connectivity index (χ0v) is 12.4. The van der Waals surface area contributed by atoms with Crippen molar-refractivity contribution in [1.82, 2.24) is 4.90 Å². The van der Waals surface area contributed by atoms with Gasteiger partial charge in [-0.15, -0.1) is 0 Å². The third-order valence-electron chi connectivity index (χ3n) is 4.91. The van der Waals surface area contributed by atoms with Crippen molar-refractivity contribution >= 4 is 11.3 Å². The first kappa shape index (κ1) is 13.6. The predicted octanol–water partition coefficient (Wildman–Crippen LogP) is 3.65. The van der Waals surface area contributed by atoms with Crippen molar-refractivity contribution in [3.05, 3.63) is 22.4 Å². The Balaban J connectivity index is 1.69. The maximum atomic E-state index is 10.3. The Morgan fingerprint density at radius 1 is 1.16 bits per heavy atom. The number of hydrogen-bond acceptors (Lipinski definition) is 3. The second kappa shape index (κ2) is 6.38. The normalized spacial score (nSPS) is 33.4. The minimum Gasteiger partial charge on any atom is -0.393 e. The van der Waals surface area contributed by atoms with E-state index in [0.29, 0.717) is 12.0 Å². The molecule has 106 valence electrons. The van der Waals surface area contributed by atoms with Gasteiger partial charge in [0.2, 0.25) is 0 Å². The third kappa shape index (κ3) is 3.21. The quantitative estimate of drug-likeness (QED) is 0.913. The van der Waals surface area contributed by atoms with Crippen LogP contribution in [0.4, 0.5) is 0 Å². The summed E-state index contributed by atoms with van der Waals surface area (Å²) in [4.78, 5) is 2.64. The van der Waals surface area contributed by atoms with Crippen molar-refractivity contribution in [3.8, 4) is 0 Å². The Labute approximate surface area is 120 Å². The highest BCUT2D eigenvalue weighted by Gasteiger charge is 2.35.